The van der Waals surface area contributed by atoms with Gasteiger partial charge >= 0.3 is 11.9 Å². The third-order valence-corrected chi connectivity index (χ3v) is 2.82. The van der Waals surface area contributed by atoms with Gasteiger partial charge in [0.1, 0.15) is 11.7 Å². The topological polar surface area (TPSA) is 108 Å². The maximum Gasteiger partial charge on any atom is 0.326 e. The van der Waals surface area contributed by atoms with E-state index < -0.39 is 23.9 Å². The summed E-state index contributed by atoms with van der Waals surface area (Å²) < 4.78 is 5.10. The van der Waals surface area contributed by atoms with E-state index in [4.69, 9.17) is 5.11 Å². The number of aliphatic carboxylic acids is 1. The van der Waals surface area contributed by atoms with Crippen LogP contribution in [0.4, 0.5) is 0 Å². The standard InChI is InChI=1S/C11H13BrN2O5/c1-19-9(15)3-2-7(11(17)18)14-10(16)8-4-6(12)5-13-8/h4-5,7,13H,2-3H2,1H3,(H,14,16)(H,17,18)/t7-/m0/s1. The summed E-state index contributed by atoms with van der Waals surface area (Å²) in [7, 11) is 1.22. The fourth-order valence-electron chi connectivity index (χ4n) is 1.36. The Morgan fingerprint density at radius 3 is 2.68 bits per heavy atom. The van der Waals surface area contributed by atoms with E-state index in [1.54, 1.807) is 6.20 Å². The second-order valence-electron chi connectivity index (χ2n) is 3.71. The summed E-state index contributed by atoms with van der Waals surface area (Å²) in [6.07, 6.45) is 1.44. The molecule has 1 rings (SSSR count). The highest BCUT2D eigenvalue weighted by Crippen LogP contribution is 2.11. The van der Waals surface area contributed by atoms with E-state index in [1.165, 1.54) is 13.2 Å². The van der Waals surface area contributed by atoms with Gasteiger partial charge in [-0.1, -0.05) is 0 Å². The van der Waals surface area contributed by atoms with E-state index in [1.807, 2.05) is 0 Å². The molecule has 19 heavy (non-hydrogen) atoms. The average Bonchev–Trinajstić information content (AvgIpc) is 2.80. The third kappa shape index (κ3) is 4.74. The molecule has 1 aromatic rings. The predicted octanol–water partition coefficient (Wildman–Crippen LogP) is 0.913. The van der Waals surface area contributed by atoms with Crippen molar-refractivity contribution in [2.45, 2.75) is 18.9 Å². The summed E-state index contributed by atoms with van der Waals surface area (Å²) >= 11 is 3.17. The molecule has 0 aliphatic rings. The molecule has 0 saturated carbocycles. The zero-order valence-electron chi connectivity index (χ0n) is 10.1. The Bertz CT molecular complexity index is 485. The Morgan fingerprint density at radius 1 is 1.53 bits per heavy atom. The quantitative estimate of drug-likeness (QED) is 0.671. The van der Waals surface area contributed by atoms with Crippen molar-refractivity contribution in [3.05, 3.63) is 22.4 Å². The highest BCUT2D eigenvalue weighted by Gasteiger charge is 2.22. The molecule has 0 bridgehead atoms. The van der Waals surface area contributed by atoms with Crippen LogP contribution in [0.2, 0.25) is 0 Å². The van der Waals surface area contributed by atoms with Crippen molar-refractivity contribution >= 4 is 33.8 Å². The lowest BCUT2D eigenvalue weighted by molar-refractivity contribution is -0.142. The van der Waals surface area contributed by atoms with Crippen LogP contribution in [-0.2, 0) is 14.3 Å². The van der Waals surface area contributed by atoms with E-state index >= 15 is 0 Å². The van der Waals surface area contributed by atoms with E-state index in [0.29, 0.717) is 4.47 Å². The van der Waals surface area contributed by atoms with Crippen molar-refractivity contribution in [1.29, 1.82) is 0 Å². The lowest BCUT2D eigenvalue weighted by Crippen LogP contribution is -2.41. The zero-order valence-corrected chi connectivity index (χ0v) is 11.7. The molecule has 0 unspecified atom stereocenters. The van der Waals surface area contributed by atoms with Gasteiger partial charge in [0, 0.05) is 17.1 Å². The molecule has 1 aromatic heterocycles. The Hall–Kier alpha value is -1.83. The molecule has 104 valence electrons. The minimum Gasteiger partial charge on any atom is -0.480 e. The molecule has 0 aromatic carbocycles. The minimum atomic E-state index is -1.21. The van der Waals surface area contributed by atoms with Crippen LogP contribution in [0.5, 0.6) is 0 Å². The van der Waals surface area contributed by atoms with Crippen molar-refractivity contribution in [2.24, 2.45) is 0 Å². The van der Waals surface area contributed by atoms with E-state index in [-0.39, 0.29) is 18.5 Å². The number of methoxy groups -OCH3 is 1. The first-order chi connectivity index (χ1) is 8.93. The van der Waals surface area contributed by atoms with Crippen LogP contribution in [0.15, 0.2) is 16.7 Å². The number of esters is 1. The number of carbonyl (C=O) groups excluding carboxylic acids is 2. The molecular weight excluding hydrogens is 320 g/mol. The number of rotatable bonds is 6. The van der Waals surface area contributed by atoms with Crippen molar-refractivity contribution < 1.29 is 24.2 Å². The van der Waals surface area contributed by atoms with E-state index in [9.17, 15) is 14.4 Å². The van der Waals surface area contributed by atoms with Crippen molar-refractivity contribution in [1.82, 2.24) is 10.3 Å². The molecule has 7 nitrogen and oxygen atoms in total. The van der Waals surface area contributed by atoms with E-state index in [2.05, 4.69) is 31.0 Å². The van der Waals surface area contributed by atoms with Gasteiger partial charge in [0.25, 0.3) is 5.91 Å². The number of nitrogens with one attached hydrogen (secondary N) is 2. The second-order valence-corrected chi connectivity index (χ2v) is 4.63. The van der Waals surface area contributed by atoms with Crippen LogP contribution < -0.4 is 5.32 Å². The first-order valence-corrected chi connectivity index (χ1v) is 6.17. The second kappa shape index (κ2) is 6.93. The molecule has 0 radical (unpaired) electrons. The Labute approximate surface area is 117 Å². The molecule has 8 heteroatoms. The smallest absolute Gasteiger partial charge is 0.326 e. The van der Waals surface area contributed by atoms with Gasteiger partial charge in [-0.25, -0.2) is 4.79 Å². The van der Waals surface area contributed by atoms with Crippen LogP contribution in [0.3, 0.4) is 0 Å². The summed E-state index contributed by atoms with van der Waals surface area (Å²) in [6, 6.07) is 0.378. The van der Waals surface area contributed by atoms with Crippen LogP contribution >= 0.6 is 15.9 Å². The van der Waals surface area contributed by atoms with Gasteiger partial charge in [0.05, 0.1) is 7.11 Å². The monoisotopic (exact) mass is 332 g/mol. The van der Waals surface area contributed by atoms with Gasteiger partial charge in [-0.15, -0.1) is 0 Å². The zero-order chi connectivity index (χ0) is 14.4. The van der Waals surface area contributed by atoms with Gasteiger partial charge in [0.2, 0.25) is 0 Å². The number of ether oxygens (including phenoxy) is 1. The Balaban J connectivity index is 2.61. The van der Waals surface area contributed by atoms with Gasteiger partial charge in [-0.05, 0) is 28.4 Å². The summed E-state index contributed by atoms with van der Waals surface area (Å²) in [5, 5.41) is 11.3. The van der Waals surface area contributed by atoms with Gasteiger partial charge < -0.3 is 20.1 Å². The fourth-order valence-corrected chi connectivity index (χ4v) is 1.70. The van der Waals surface area contributed by atoms with Crippen molar-refractivity contribution in [3.63, 3.8) is 0 Å². The Morgan fingerprint density at radius 2 is 2.21 bits per heavy atom. The molecule has 1 amide bonds. The molecule has 1 heterocycles. The SMILES string of the molecule is COC(=O)CC[C@H](NC(=O)c1cc(Br)c[nH]1)C(=O)O. The van der Waals surface area contributed by atoms with Crippen molar-refractivity contribution in [3.8, 4) is 0 Å². The van der Waals surface area contributed by atoms with Crippen molar-refractivity contribution in [2.75, 3.05) is 7.11 Å². The molecule has 3 N–H and O–H groups in total. The maximum atomic E-state index is 11.7. The first kappa shape index (κ1) is 15.2. The minimum absolute atomic E-state index is 0.0321. The normalized spacial score (nSPS) is 11.7. The number of H-pyrrole nitrogens is 1. The fraction of sp³-hybridized carbons (Fsp3) is 0.364. The summed E-state index contributed by atoms with van der Waals surface area (Å²) in [5.41, 5.74) is 0.233. The predicted molar refractivity (Wildman–Crippen MR) is 68.6 cm³/mol. The molecule has 0 spiro atoms. The highest BCUT2D eigenvalue weighted by molar-refractivity contribution is 9.10. The summed E-state index contributed by atoms with van der Waals surface area (Å²) in [5.74, 6) is -2.28. The molecule has 0 fully saturated rings. The molecule has 1 atom stereocenters. The number of carbonyl (C=O) groups is 3. The number of hydrogen-bond donors (Lipinski definition) is 3. The van der Waals surface area contributed by atoms with Crippen LogP contribution in [-0.4, -0.2) is 41.1 Å². The number of amides is 1. The number of aromatic nitrogens is 1. The summed E-state index contributed by atoms with van der Waals surface area (Å²) in [6.45, 7) is 0. The summed E-state index contributed by atoms with van der Waals surface area (Å²) in [4.78, 5) is 36.4. The van der Waals surface area contributed by atoms with Crippen LogP contribution in [0.25, 0.3) is 0 Å². The van der Waals surface area contributed by atoms with E-state index in [0.717, 1.165) is 0 Å². The lowest BCUT2D eigenvalue weighted by Gasteiger charge is -2.13. The molecular formula is C11H13BrN2O5. The Kier molecular flexibility index (Phi) is 5.56. The first-order valence-electron chi connectivity index (χ1n) is 5.38. The largest absolute Gasteiger partial charge is 0.480 e. The number of carboxylic acid groups (broad SMARTS) is 1. The number of aromatic amines is 1. The van der Waals surface area contributed by atoms with Gasteiger partial charge in [-0.2, -0.15) is 0 Å². The van der Waals surface area contributed by atoms with Crippen LogP contribution in [0.1, 0.15) is 23.3 Å². The molecule has 0 saturated heterocycles. The van der Waals surface area contributed by atoms with Gasteiger partial charge in [-0.3, -0.25) is 9.59 Å². The lowest BCUT2D eigenvalue weighted by atomic mass is 10.1. The number of halogens is 1. The molecule has 0 aliphatic heterocycles. The number of carboxylic acids is 1. The average molecular weight is 333 g/mol. The van der Waals surface area contributed by atoms with Gasteiger partial charge in [0.15, 0.2) is 0 Å². The molecule has 0 aliphatic carbocycles. The third-order valence-electron chi connectivity index (χ3n) is 2.36. The van der Waals surface area contributed by atoms with Crippen LogP contribution in [0, 0.1) is 0 Å². The maximum absolute atomic E-state index is 11.7. The number of hydrogen-bond acceptors (Lipinski definition) is 4. The highest BCUT2D eigenvalue weighted by atomic mass is 79.9.